The van der Waals surface area contributed by atoms with Gasteiger partial charge in [-0.2, -0.15) is 13.2 Å². The monoisotopic (exact) mass is 307 g/mol. The Morgan fingerprint density at radius 3 is 2.36 bits per heavy atom. The molecule has 0 fully saturated rings. The molecule has 22 heavy (non-hydrogen) atoms. The van der Waals surface area contributed by atoms with Gasteiger partial charge in [0.1, 0.15) is 5.56 Å². The van der Waals surface area contributed by atoms with Crippen molar-refractivity contribution in [2.45, 2.75) is 6.18 Å². The third-order valence-electron chi connectivity index (χ3n) is 3.14. The van der Waals surface area contributed by atoms with Gasteiger partial charge >= 0.3 is 12.1 Å². The van der Waals surface area contributed by atoms with Crippen LogP contribution in [0.5, 0.6) is 0 Å². The van der Waals surface area contributed by atoms with Crippen molar-refractivity contribution in [3.05, 3.63) is 53.7 Å². The van der Waals surface area contributed by atoms with Crippen LogP contribution in [0.1, 0.15) is 15.9 Å². The summed E-state index contributed by atoms with van der Waals surface area (Å²) >= 11 is 0. The molecule has 0 radical (unpaired) electrons. The number of hydrogen-bond acceptors (Lipinski definition) is 3. The van der Waals surface area contributed by atoms with E-state index < -0.39 is 17.7 Å². The molecule has 1 aromatic carbocycles. The second-order valence-electron chi connectivity index (χ2n) is 4.52. The fraction of sp³-hybridized carbons (Fsp3) is 0.0714. The van der Waals surface area contributed by atoms with Gasteiger partial charge in [0.2, 0.25) is 0 Å². The molecule has 112 valence electrons. The van der Waals surface area contributed by atoms with Crippen LogP contribution < -0.4 is 0 Å². The number of pyridine rings is 1. The maximum Gasteiger partial charge on any atom is 0.416 e. The molecule has 5 nitrogen and oxygen atoms in total. The lowest BCUT2D eigenvalue weighted by atomic mass is 10.1. The second-order valence-corrected chi connectivity index (χ2v) is 4.52. The van der Waals surface area contributed by atoms with E-state index in [0.717, 1.165) is 12.1 Å². The van der Waals surface area contributed by atoms with Crippen LogP contribution in [0.2, 0.25) is 0 Å². The largest absolute Gasteiger partial charge is 0.478 e. The number of benzene rings is 1. The highest BCUT2D eigenvalue weighted by Gasteiger charge is 2.30. The lowest BCUT2D eigenvalue weighted by Gasteiger charge is -2.07. The third kappa shape index (κ3) is 2.28. The molecular formula is C14H8F3N3O2. The fourth-order valence-electron chi connectivity index (χ4n) is 2.09. The highest BCUT2D eigenvalue weighted by atomic mass is 19.4. The molecule has 0 aliphatic rings. The molecule has 3 aromatic rings. The minimum atomic E-state index is -4.41. The molecule has 0 aliphatic heterocycles. The number of aromatic carboxylic acids is 1. The quantitative estimate of drug-likeness (QED) is 0.790. The molecule has 0 aliphatic carbocycles. The molecule has 8 heteroatoms. The summed E-state index contributed by atoms with van der Waals surface area (Å²) in [5.41, 5.74) is -0.266. The number of aromatic nitrogens is 3. The van der Waals surface area contributed by atoms with E-state index in [-0.39, 0.29) is 17.0 Å². The second kappa shape index (κ2) is 4.83. The molecule has 1 N–H and O–H groups in total. The molecule has 0 unspecified atom stereocenters. The highest BCUT2D eigenvalue weighted by Crippen LogP contribution is 2.30. The number of halogens is 3. The molecular weight excluding hydrogens is 299 g/mol. The van der Waals surface area contributed by atoms with Gasteiger partial charge in [-0.05, 0) is 24.3 Å². The normalized spacial score (nSPS) is 11.8. The standard InChI is InChI=1S/C14H8F3N3O2/c15-14(16,17)9-5-3-8(4-6-9)11-18-19-12-10(13(21)22)2-1-7-20(11)12/h1-7H,(H,21,22). The number of carboxylic acids is 1. The number of nitrogens with zero attached hydrogens (tertiary/aromatic N) is 3. The number of hydrogen-bond donors (Lipinski definition) is 1. The number of fused-ring (bicyclic) bond motifs is 1. The van der Waals surface area contributed by atoms with Crippen LogP contribution >= 0.6 is 0 Å². The van der Waals surface area contributed by atoms with Gasteiger partial charge < -0.3 is 5.11 Å². The molecule has 0 spiro atoms. The Hall–Kier alpha value is -2.90. The van der Waals surface area contributed by atoms with Gasteiger partial charge in [-0.3, -0.25) is 4.40 Å². The highest BCUT2D eigenvalue weighted by molar-refractivity contribution is 5.94. The van der Waals surface area contributed by atoms with Crippen LogP contribution in [-0.4, -0.2) is 25.7 Å². The Morgan fingerprint density at radius 2 is 1.77 bits per heavy atom. The zero-order valence-corrected chi connectivity index (χ0v) is 10.9. The van der Waals surface area contributed by atoms with Crippen LogP contribution in [0.4, 0.5) is 13.2 Å². The lowest BCUT2D eigenvalue weighted by Crippen LogP contribution is -2.04. The van der Waals surface area contributed by atoms with Crippen LogP contribution in [0.3, 0.4) is 0 Å². The van der Waals surface area contributed by atoms with Crippen LogP contribution in [0.25, 0.3) is 17.0 Å². The van der Waals surface area contributed by atoms with Crippen molar-refractivity contribution in [2.75, 3.05) is 0 Å². The Morgan fingerprint density at radius 1 is 1.09 bits per heavy atom. The number of carbonyl (C=O) groups is 1. The summed E-state index contributed by atoms with van der Waals surface area (Å²) in [7, 11) is 0. The summed E-state index contributed by atoms with van der Waals surface area (Å²) in [4.78, 5) is 11.1. The van der Waals surface area contributed by atoms with Gasteiger partial charge in [0.05, 0.1) is 5.56 Å². The fourth-order valence-corrected chi connectivity index (χ4v) is 2.09. The first kappa shape index (κ1) is 14.1. The first-order chi connectivity index (χ1) is 10.4. The average Bonchev–Trinajstić information content (AvgIpc) is 2.90. The van der Waals surface area contributed by atoms with E-state index >= 15 is 0 Å². The molecule has 2 heterocycles. The Balaban J connectivity index is 2.11. The molecule has 2 aromatic heterocycles. The summed E-state index contributed by atoms with van der Waals surface area (Å²) in [5.74, 6) is -0.885. The van der Waals surface area contributed by atoms with Crippen molar-refractivity contribution in [1.82, 2.24) is 14.6 Å². The van der Waals surface area contributed by atoms with E-state index in [1.807, 2.05) is 0 Å². The van der Waals surface area contributed by atoms with Crippen LogP contribution in [-0.2, 0) is 6.18 Å². The predicted octanol–water partition coefficient (Wildman–Crippen LogP) is 3.11. The molecule has 0 saturated heterocycles. The van der Waals surface area contributed by atoms with E-state index in [1.54, 1.807) is 6.20 Å². The van der Waals surface area contributed by atoms with E-state index in [0.29, 0.717) is 5.56 Å². The average molecular weight is 307 g/mol. The molecule has 0 amide bonds. The van der Waals surface area contributed by atoms with Crippen molar-refractivity contribution >= 4 is 11.6 Å². The number of rotatable bonds is 2. The zero-order chi connectivity index (χ0) is 15.9. The summed E-state index contributed by atoms with van der Waals surface area (Å²) in [5, 5.41) is 16.7. The van der Waals surface area contributed by atoms with Crippen molar-refractivity contribution < 1.29 is 23.1 Å². The Labute approximate surface area is 121 Å². The smallest absolute Gasteiger partial charge is 0.416 e. The predicted molar refractivity (Wildman–Crippen MR) is 70.4 cm³/mol. The van der Waals surface area contributed by atoms with Crippen molar-refractivity contribution in [1.29, 1.82) is 0 Å². The molecule has 3 rings (SSSR count). The summed E-state index contributed by atoms with van der Waals surface area (Å²) in [6.07, 6.45) is -2.86. The zero-order valence-electron chi connectivity index (χ0n) is 10.9. The van der Waals surface area contributed by atoms with Crippen molar-refractivity contribution in [2.24, 2.45) is 0 Å². The Kier molecular flexibility index (Phi) is 3.09. The van der Waals surface area contributed by atoms with Gasteiger partial charge in [0, 0.05) is 11.8 Å². The summed E-state index contributed by atoms with van der Waals surface area (Å²) in [6.45, 7) is 0. The first-order valence-electron chi connectivity index (χ1n) is 6.12. The number of carboxylic acid groups (broad SMARTS) is 1. The van der Waals surface area contributed by atoms with Gasteiger partial charge in [0.15, 0.2) is 11.5 Å². The van der Waals surface area contributed by atoms with Crippen molar-refractivity contribution in [3.8, 4) is 11.4 Å². The SMILES string of the molecule is O=C(O)c1cccn2c(-c3ccc(C(F)(F)F)cc3)nnc12. The molecule has 0 bridgehead atoms. The minimum Gasteiger partial charge on any atom is -0.478 e. The van der Waals surface area contributed by atoms with Gasteiger partial charge in [-0.1, -0.05) is 12.1 Å². The third-order valence-corrected chi connectivity index (χ3v) is 3.14. The summed E-state index contributed by atoms with van der Waals surface area (Å²) in [6, 6.07) is 7.31. The van der Waals surface area contributed by atoms with Crippen molar-refractivity contribution in [3.63, 3.8) is 0 Å². The lowest BCUT2D eigenvalue weighted by molar-refractivity contribution is -0.137. The summed E-state index contributed by atoms with van der Waals surface area (Å²) < 4.78 is 39.1. The van der Waals surface area contributed by atoms with Gasteiger partial charge in [-0.15, -0.1) is 10.2 Å². The maximum absolute atomic E-state index is 12.6. The number of alkyl halides is 3. The maximum atomic E-state index is 12.6. The van der Waals surface area contributed by atoms with E-state index in [9.17, 15) is 18.0 Å². The minimum absolute atomic E-state index is 0.0341. The molecule has 0 saturated carbocycles. The topological polar surface area (TPSA) is 67.5 Å². The Bertz CT molecular complexity index is 854. The first-order valence-corrected chi connectivity index (χ1v) is 6.12. The molecule has 0 atom stereocenters. The van der Waals surface area contributed by atoms with Gasteiger partial charge in [-0.25, -0.2) is 4.79 Å². The van der Waals surface area contributed by atoms with E-state index in [1.165, 1.54) is 28.7 Å². The van der Waals surface area contributed by atoms with Gasteiger partial charge in [0.25, 0.3) is 0 Å². The van der Waals surface area contributed by atoms with Crippen LogP contribution in [0.15, 0.2) is 42.6 Å². The van der Waals surface area contributed by atoms with Crippen LogP contribution in [0, 0.1) is 0 Å². The van der Waals surface area contributed by atoms with E-state index in [4.69, 9.17) is 5.11 Å². The van der Waals surface area contributed by atoms with E-state index in [2.05, 4.69) is 10.2 Å².